The maximum absolute atomic E-state index is 2.46. The van der Waals surface area contributed by atoms with Crippen molar-refractivity contribution in [1.82, 2.24) is 0 Å². The summed E-state index contributed by atoms with van der Waals surface area (Å²) >= 11 is 0. The Bertz CT molecular complexity index is 3470. The lowest BCUT2D eigenvalue weighted by Gasteiger charge is -2.25. The molecule has 12 rings (SSSR count). The van der Waals surface area contributed by atoms with Crippen molar-refractivity contribution in [3.63, 3.8) is 0 Å². The van der Waals surface area contributed by atoms with Crippen LogP contribution < -0.4 is 0 Å². The van der Waals surface area contributed by atoms with Crippen LogP contribution in [-0.2, 0) is 44.9 Å². The molecule has 0 saturated heterocycles. The summed E-state index contributed by atoms with van der Waals surface area (Å²) in [6, 6.07) is 48.0. The van der Waals surface area contributed by atoms with Gasteiger partial charge in [0, 0.05) is 0 Å². The molecule has 0 amide bonds. The minimum absolute atomic E-state index is 0.589. The molecule has 0 aromatic heterocycles. The predicted octanol–water partition coefficient (Wildman–Crippen LogP) is 28.7. The number of benzene rings is 8. The van der Waals surface area contributed by atoms with E-state index in [4.69, 9.17) is 0 Å². The van der Waals surface area contributed by atoms with Crippen LogP contribution in [0, 0.1) is 5.92 Å². The second-order valence-corrected chi connectivity index (χ2v) is 32.5. The molecule has 8 aromatic carbocycles. The fraction of sp³-hybridized carbons (Fsp3) is 0.532. The first-order chi connectivity index (χ1) is 44.6. The Morgan fingerprint density at radius 3 is 0.894 bits per heavy atom. The molecule has 0 saturated carbocycles. The molecule has 1 atom stereocenters. The summed E-state index contributed by atoms with van der Waals surface area (Å²) in [7, 11) is 0. The van der Waals surface area contributed by atoms with Gasteiger partial charge in [-0.05, 0) is 288 Å². The molecule has 0 spiro atoms. The van der Waals surface area contributed by atoms with E-state index in [9.17, 15) is 0 Å². The third kappa shape index (κ3) is 18.7. The van der Waals surface area contributed by atoms with Gasteiger partial charge in [0.25, 0.3) is 0 Å². The van der Waals surface area contributed by atoms with Gasteiger partial charge in [0.2, 0.25) is 0 Å². The monoisotopic (exact) mass is 1260 g/mol. The molecule has 0 heteroatoms. The van der Waals surface area contributed by atoms with E-state index in [-0.39, 0.29) is 0 Å². The van der Waals surface area contributed by atoms with Crippen LogP contribution in [-0.4, -0.2) is 0 Å². The van der Waals surface area contributed by atoms with Crippen LogP contribution in [0.2, 0.25) is 0 Å². The number of hydrogen-bond donors (Lipinski definition) is 0. The summed E-state index contributed by atoms with van der Waals surface area (Å²) in [5, 5.41) is 5.68. The quantitative estimate of drug-likeness (QED) is 0.114. The number of fused-ring (bicyclic) bond motifs is 6. The molecular formula is C94H132. The van der Waals surface area contributed by atoms with E-state index in [1.54, 1.807) is 77.9 Å². The molecule has 0 bridgehead atoms. The largest absolute Gasteiger partial charge is 0.0622 e. The smallest absolute Gasteiger partial charge is 0.0133 e. The highest BCUT2D eigenvalue weighted by Gasteiger charge is 2.28. The average molecular weight is 1260 g/mol. The van der Waals surface area contributed by atoms with Crippen LogP contribution in [0.5, 0.6) is 0 Å². The zero-order chi connectivity index (χ0) is 68.8. The maximum atomic E-state index is 2.46. The molecule has 4 aliphatic rings. The number of aryl methyl sites for hydroxylation is 1. The van der Waals surface area contributed by atoms with Gasteiger partial charge in [-0.15, -0.1) is 0 Å². The fourth-order valence-corrected chi connectivity index (χ4v) is 16.3. The summed E-state index contributed by atoms with van der Waals surface area (Å²) in [6.07, 6.45) is 17.4. The fourth-order valence-electron chi connectivity index (χ4n) is 16.3. The van der Waals surface area contributed by atoms with E-state index in [2.05, 4.69) is 294 Å². The Morgan fingerprint density at radius 1 is 0.234 bits per heavy atom. The van der Waals surface area contributed by atoms with Crippen LogP contribution in [0.15, 0.2) is 127 Å². The van der Waals surface area contributed by atoms with Crippen molar-refractivity contribution in [2.75, 3.05) is 0 Å². The minimum Gasteiger partial charge on any atom is -0.0622 e. The molecule has 0 N–H and O–H groups in total. The Hall–Kier alpha value is -5.72. The zero-order valence-electron chi connectivity index (χ0n) is 64.3. The number of rotatable bonds is 12. The van der Waals surface area contributed by atoms with E-state index >= 15 is 0 Å². The van der Waals surface area contributed by atoms with Gasteiger partial charge in [-0.1, -0.05) is 294 Å². The highest BCUT2D eigenvalue weighted by atomic mass is 14.3. The first-order valence-electron chi connectivity index (χ1n) is 38.2. The molecule has 0 heterocycles. The van der Waals surface area contributed by atoms with Crippen molar-refractivity contribution >= 4 is 21.5 Å². The van der Waals surface area contributed by atoms with Crippen LogP contribution >= 0.6 is 0 Å². The molecular weight excluding hydrogens is 1130 g/mol. The summed E-state index contributed by atoms with van der Waals surface area (Å²) in [5.74, 6) is 8.65. The third-order valence-corrected chi connectivity index (χ3v) is 21.5. The van der Waals surface area contributed by atoms with Crippen LogP contribution in [0.3, 0.4) is 0 Å². The Morgan fingerprint density at radius 2 is 0.532 bits per heavy atom. The second-order valence-electron chi connectivity index (χ2n) is 32.5. The van der Waals surface area contributed by atoms with Crippen molar-refractivity contribution < 1.29 is 0 Å². The lowest BCUT2D eigenvalue weighted by Crippen LogP contribution is -2.11. The third-order valence-electron chi connectivity index (χ3n) is 21.5. The topological polar surface area (TPSA) is 0 Å². The van der Waals surface area contributed by atoms with Gasteiger partial charge >= 0.3 is 0 Å². The van der Waals surface area contributed by atoms with E-state index < -0.39 is 0 Å². The summed E-state index contributed by atoms with van der Waals surface area (Å²) in [5.41, 5.74) is 30.3. The van der Waals surface area contributed by atoms with E-state index in [1.165, 1.54) is 133 Å². The maximum Gasteiger partial charge on any atom is -0.0133 e. The number of hydrogen-bond acceptors (Lipinski definition) is 0. The Balaban J connectivity index is 0.000000160. The molecule has 0 nitrogen and oxygen atoms in total. The van der Waals surface area contributed by atoms with Crippen molar-refractivity contribution in [3.05, 3.63) is 233 Å². The molecule has 508 valence electrons. The zero-order valence-corrected chi connectivity index (χ0v) is 64.3. The second kappa shape index (κ2) is 35.0. The summed E-state index contributed by atoms with van der Waals surface area (Å²) in [4.78, 5) is 0. The average Bonchev–Trinajstić information content (AvgIpc) is 0.860. The van der Waals surface area contributed by atoms with Crippen molar-refractivity contribution in [1.29, 1.82) is 0 Å². The van der Waals surface area contributed by atoms with Gasteiger partial charge in [0.15, 0.2) is 0 Å². The predicted molar refractivity (Wildman–Crippen MR) is 420 cm³/mol. The Labute approximate surface area is 577 Å². The van der Waals surface area contributed by atoms with E-state index in [0.717, 1.165) is 11.8 Å². The summed E-state index contributed by atoms with van der Waals surface area (Å²) in [6.45, 7) is 55.2. The normalized spacial score (nSPS) is 14.9. The van der Waals surface area contributed by atoms with Gasteiger partial charge < -0.3 is 0 Å². The highest BCUT2D eigenvalue weighted by molar-refractivity contribution is 5.90. The standard InChI is InChI=1S/C16H20.2C16H24.C16H20.2C15H22/c1-11(2)13-7-5-10-16-14(12(3)4)8-6-9-15(13)16;1-11(2)14-9-13-7-5-6-8-15(13)16(10-14)12(3)4;2*1-11(2)13-9-10-14(12(3)4)16-8-6-5-7-15(13)16;1-10(2)12-8-9-13(11(3)4)15-7-5-6-14(12)15;1-10(2)12-6-5-7-14-13(11(3)4)8-9-15(12)14/h5-12H,1-4H3;2*9-12H,5-8H2,1-4H3;5-12H,1-4H3;8-11H,5-7H2,1-4H3;5-7,10-11,13H,8-9H2,1-4H3. The molecule has 1 unspecified atom stereocenters. The van der Waals surface area contributed by atoms with Gasteiger partial charge in [-0.3, -0.25) is 0 Å². The highest BCUT2D eigenvalue weighted by Crippen LogP contribution is 2.42. The summed E-state index contributed by atoms with van der Waals surface area (Å²) < 4.78 is 0. The first kappa shape index (κ1) is 75.7. The molecule has 94 heavy (non-hydrogen) atoms. The van der Waals surface area contributed by atoms with Gasteiger partial charge in [0.1, 0.15) is 0 Å². The van der Waals surface area contributed by atoms with Crippen molar-refractivity contribution in [2.24, 2.45) is 5.92 Å². The van der Waals surface area contributed by atoms with Crippen molar-refractivity contribution in [2.45, 2.75) is 321 Å². The van der Waals surface area contributed by atoms with Gasteiger partial charge in [-0.2, -0.15) is 0 Å². The first-order valence-corrected chi connectivity index (χ1v) is 38.2. The van der Waals surface area contributed by atoms with Crippen LogP contribution in [0.25, 0.3) is 21.5 Å². The lowest BCUT2D eigenvalue weighted by molar-refractivity contribution is 0.496. The van der Waals surface area contributed by atoms with Crippen molar-refractivity contribution in [3.8, 4) is 0 Å². The van der Waals surface area contributed by atoms with Crippen LogP contribution in [0.1, 0.15) is 381 Å². The minimum atomic E-state index is 0.589. The molecule has 0 aliphatic heterocycles. The lowest BCUT2D eigenvalue weighted by atomic mass is 9.80. The molecule has 8 aromatic rings. The Kier molecular flexibility index (Phi) is 28.2. The molecule has 4 aliphatic carbocycles. The molecule has 0 fully saturated rings. The van der Waals surface area contributed by atoms with Crippen LogP contribution in [0.4, 0.5) is 0 Å². The van der Waals surface area contributed by atoms with E-state index in [1.807, 2.05) is 0 Å². The SMILES string of the molecule is CC(C)c1cc2c(c(C(C)C)c1)CCCC2.CC(C)c1ccc(C(C)C)c2c1CCC2.CC(C)c1ccc(C(C)C)c2c1CCCC2.CC(C)c1ccc(C(C)C)c2ccccc12.CC(C)c1cccc2c(C(C)C)cccc12.CC(C)c1cccc2c1CCC2C(C)C. The van der Waals surface area contributed by atoms with E-state index in [0.29, 0.717) is 65.1 Å². The van der Waals surface area contributed by atoms with Gasteiger partial charge in [-0.25, -0.2) is 0 Å². The van der Waals surface area contributed by atoms with Gasteiger partial charge in [0.05, 0.1) is 0 Å². The molecule has 0 radical (unpaired) electrons.